The molecule has 544 valence electrons. The standard InChI is InChI=1S/2C44H32P2.2CHF3O3S.Pd/c2*1-5-19-35(20-6-1)45(36-21-7-2-8-22-36)41-31-29-33-17-13-15-27-39(33)43(41)44-40-28-16-14-18-34(40)30-32-42(44)46(37-23-9-3-10-24-37)38-25-11-4-12-26-38;2*2-1(3,4)8(5,6)7;/h2*1-32H;2*(H,5,6,7);/q;;;;+2/p-2. The van der Waals surface area contributed by atoms with E-state index >= 15 is 0 Å². The summed E-state index contributed by atoms with van der Waals surface area (Å²) in [4.78, 5) is 0. The van der Waals surface area contributed by atoms with E-state index in [4.69, 9.17) is 25.9 Å². The minimum atomic E-state index is -6.09. The van der Waals surface area contributed by atoms with Crippen molar-refractivity contribution in [3.8, 4) is 22.3 Å². The molecule has 16 rings (SSSR count). The molecule has 0 spiro atoms. The van der Waals surface area contributed by atoms with Gasteiger partial charge < -0.3 is 9.11 Å². The summed E-state index contributed by atoms with van der Waals surface area (Å²) < 4.78 is 118. The van der Waals surface area contributed by atoms with Crippen molar-refractivity contribution in [2.75, 3.05) is 0 Å². The molecule has 0 bridgehead atoms. The van der Waals surface area contributed by atoms with Crippen molar-refractivity contribution in [2.24, 2.45) is 0 Å². The van der Waals surface area contributed by atoms with Crippen LogP contribution in [0.25, 0.3) is 65.3 Å². The molecular formula is C90H64F6O6P4PdS2. The van der Waals surface area contributed by atoms with Crippen molar-refractivity contribution in [3.05, 3.63) is 388 Å². The van der Waals surface area contributed by atoms with Crippen LogP contribution in [-0.4, -0.2) is 37.0 Å². The molecule has 0 saturated carbocycles. The predicted octanol–water partition coefficient (Wildman–Crippen LogP) is 18.5. The molecule has 0 unspecified atom stereocenters. The molecule has 0 fully saturated rings. The van der Waals surface area contributed by atoms with Crippen molar-refractivity contribution in [1.82, 2.24) is 0 Å². The Bertz CT molecular complexity index is 5140. The van der Waals surface area contributed by atoms with Crippen LogP contribution in [0.5, 0.6) is 0 Å². The quantitative estimate of drug-likeness (QED) is 0.0352. The van der Waals surface area contributed by atoms with Crippen LogP contribution in [0.4, 0.5) is 26.3 Å². The third kappa shape index (κ3) is 18.1. The van der Waals surface area contributed by atoms with Gasteiger partial charge in [0.15, 0.2) is 20.2 Å². The monoisotopic (exact) mass is 1650 g/mol. The number of hydrogen-bond acceptors (Lipinski definition) is 6. The van der Waals surface area contributed by atoms with Crippen LogP contribution < -0.4 is 63.7 Å². The zero-order valence-electron chi connectivity index (χ0n) is 57.6. The third-order valence-electron chi connectivity index (χ3n) is 17.8. The van der Waals surface area contributed by atoms with Crippen molar-refractivity contribution >= 4 is 159 Å². The zero-order chi connectivity index (χ0) is 75.4. The van der Waals surface area contributed by atoms with Crippen molar-refractivity contribution in [2.45, 2.75) is 11.0 Å². The van der Waals surface area contributed by atoms with E-state index in [9.17, 15) is 26.3 Å². The van der Waals surface area contributed by atoms with E-state index in [1.807, 2.05) is 0 Å². The number of alkyl halides is 6. The molecule has 0 N–H and O–H groups in total. The molecule has 0 aliphatic heterocycles. The predicted molar refractivity (Wildman–Crippen MR) is 440 cm³/mol. The maximum absolute atomic E-state index is 10.7. The Morgan fingerprint density at radius 1 is 0.202 bits per heavy atom. The molecule has 16 aromatic rings. The molecule has 19 heteroatoms. The average molecular weight is 1650 g/mol. The summed E-state index contributed by atoms with van der Waals surface area (Å²) in [6, 6.07) is 144. The summed E-state index contributed by atoms with van der Waals surface area (Å²) in [6.45, 7) is 0. The maximum Gasteiger partial charge on any atom is 2.00 e. The van der Waals surface area contributed by atoms with E-state index in [1.165, 1.54) is 129 Å². The van der Waals surface area contributed by atoms with Crippen LogP contribution in [0.1, 0.15) is 0 Å². The first-order valence-corrected chi connectivity index (χ1v) is 42.1. The fourth-order valence-electron chi connectivity index (χ4n) is 13.2. The van der Waals surface area contributed by atoms with E-state index in [1.54, 1.807) is 0 Å². The molecule has 0 atom stereocenters. The van der Waals surface area contributed by atoms with Gasteiger partial charge in [-0.2, -0.15) is 26.3 Å². The fraction of sp³-hybridized carbons (Fsp3) is 0.0222. The Morgan fingerprint density at radius 3 is 0.468 bits per heavy atom. The van der Waals surface area contributed by atoms with Gasteiger partial charge in [0.05, 0.1) is 0 Å². The summed E-state index contributed by atoms with van der Waals surface area (Å²) in [5, 5.41) is 26.7. The van der Waals surface area contributed by atoms with Crippen LogP contribution in [0.15, 0.2) is 388 Å². The van der Waals surface area contributed by atoms with Gasteiger partial charge in [-0.1, -0.05) is 388 Å². The zero-order valence-corrected chi connectivity index (χ0v) is 64.4. The smallest absolute Gasteiger partial charge is 0.741 e. The fourth-order valence-corrected chi connectivity index (χ4v) is 23.1. The molecule has 16 aromatic carbocycles. The Labute approximate surface area is 648 Å². The molecule has 0 saturated heterocycles. The van der Waals surface area contributed by atoms with Crippen molar-refractivity contribution < 1.29 is 72.7 Å². The number of hydrogen-bond donors (Lipinski definition) is 0. The Morgan fingerprint density at radius 2 is 0.330 bits per heavy atom. The van der Waals surface area contributed by atoms with Crippen molar-refractivity contribution in [3.63, 3.8) is 0 Å². The van der Waals surface area contributed by atoms with E-state index in [-0.39, 0.29) is 20.4 Å². The Kier molecular flexibility index (Phi) is 25.6. The van der Waals surface area contributed by atoms with E-state index in [0.29, 0.717) is 0 Å². The first kappa shape index (κ1) is 78.9. The molecule has 109 heavy (non-hydrogen) atoms. The van der Waals surface area contributed by atoms with Crippen LogP contribution in [0.3, 0.4) is 0 Å². The minimum absolute atomic E-state index is 0. The normalized spacial score (nSPS) is 11.7. The Balaban J connectivity index is 0.000000168. The molecule has 0 amide bonds. The second kappa shape index (κ2) is 35.4. The summed E-state index contributed by atoms with van der Waals surface area (Å²) >= 11 is 0. The number of halogens is 6. The molecule has 0 radical (unpaired) electrons. The second-order valence-corrected chi connectivity index (χ2v) is 36.0. The first-order valence-electron chi connectivity index (χ1n) is 34.0. The van der Waals surface area contributed by atoms with Gasteiger partial charge in [-0.15, -0.1) is 0 Å². The summed E-state index contributed by atoms with van der Waals surface area (Å²) in [5.74, 6) is 0. The Hall–Kier alpha value is -9.66. The van der Waals surface area contributed by atoms with Gasteiger partial charge in [0, 0.05) is 0 Å². The summed E-state index contributed by atoms with van der Waals surface area (Å²) in [5.41, 5.74) is -5.89. The minimum Gasteiger partial charge on any atom is -0.741 e. The van der Waals surface area contributed by atoms with Crippen LogP contribution >= 0.6 is 31.7 Å². The largest absolute Gasteiger partial charge is 2.00 e. The van der Waals surface area contributed by atoms with E-state index in [2.05, 4.69) is 388 Å². The number of fused-ring (bicyclic) bond motifs is 4. The van der Waals surface area contributed by atoms with Gasteiger partial charge >= 0.3 is 31.4 Å². The van der Waals surface area contributed by atoms with Gasteiger partial charge in [0.25, 0.3) is 0 Å². The third-order valence-corrected chi connectivity index (χ3v) is 28.8. The number of rotatable bonds is 14. The van der Waals surface area contributed by atoms with Gasteiger partial charge in [-0.05, 0) is 161 Å². The van der Waals surface area contributed by atoms with E-state index in [0.717, 1.165) is 0 Å². The topological polar surface area (TPSA) is 114 Å². The molecule has 6 nitrogen and oxygen atoms in total. The molecule has 0 heterocycles. The van der Waals surface area contributed by atoms with Gasteiger partial charge in [-0.3, -0.25) is 0 Å². The average Bonchev–Trinajstić information content (AvgIpc) is 0.737. The first-order chi connectivity index (χ1) is 52.2. The van der Waals surface area contributed by atoms with Crippen LogP contribution in [0, 0.1) is 0 Å². The number of benzene rings is 16. The van der Waals surface area contributed by atoms with E-state index < -0.39 is 62.9 Å². The summed E-state index contributed by atoms with van der Waals surface area (Å²) in [7, 11) is -15.6. The van der Waals surface area contributed by atoms with Crippen molar-refractivity contribution in [1.29, 1.82) is 0 Å². The maximum atomic E-state index is 10.7. The van der Waals surface area contributed by atoms with Gasteiger partial charge in [0.2, 0.25) is 0 Å². The van der Waals surface area contributed by atoms with Gasteiger partial charge in [-0.25, -0.2) is 16.8 Å². The molecule has 0 aliphatic rings. The molecule has 0 aromatic heterocycles. The summed E-state index contributed by atoms with van der Waals surface area (Å²) in [6.07, 6.45) is 0. The SMILES string of the molecule is O=S(=O)([O-])C(F)(F)F.O=S(=O)([O-])C(F)(F)F.[Pd+2].c1ccc(P(c2ccccc2)c2ccc3ccccc3c2-c2c(P(c3ccccc3)c3ccccc3)ccc3ccccc23)cc1.c1ccc(P(c2ccccc2)c2ccc3ccccc3c2-c2c(P(c3ccccc3)c3ccccc3)ccc3ccccc23)cc1. The van der Waals surface area contributed by atoms with Crippen LogP contribution in [0.2, 0.25) is 0 Å². The molecule has 0 aliphatic carbocycles. The second-order valence-electron chi connectivity index (χ2n) is 24.5. The van der Waals surface area contributed by atoms with Crippen LogP contribution in [-0.2, 0) is 40.7 Å². The van der Waals surface area contributed by atoms with Gasteiger partial charge in [0.1, 0.15) is 0 Å². The molecular weight excluding hydrogens is 1590 g/mol.